The number of rotatable bonds is 5. The van der Waals surface area contributed by atoms with Crippen LogP contribution in [0.1, 0.15) is 58.1 Å². The SMILES string of the molecule is O=C(Nc1nc2c(s1)CCCC2C(=O)N1CCC(Cc2ccccc2)CC1)c1ccc(Cl)cc1. The van der Waals surface area contributed by atoms with Crippen LogP contribution in [-0.4, -0.2) is 34.8 Å². The van der Waals surface area contributed by atoms with E-state index in [1.807, 2.05) is 4.90 Å². The van der Waals surface area contributed by atoms with Crippen molar-refractivity contribution in [3.05, 3.63) is 81.3 Å². The highest BCUT2D eigenvalue weighted by Crippen LogP contribution is 2.38. The maximum Gasteiger partial charge on any atom is 0.257 e. The van der Waals surface area contributed by atoms with Crippen molar-refractivity contribution >= 4 is 39.9 Å². The van der Waals surface area contributed by atoms with Crippen LogP contribution in [0.15, 0.2) is 54.6 Å². The number of hydrogen-bond acceptors (Lipinski definition) is 4. The molecule has 1 N–H and O–H groups in total. The Morgan fingerprint density at radius 2 is 1.76 bits per heavy atom. The molecule has 1 aliphatic carbocycles. The average molecular weight is 494 g/mol. The Kier molecular flexibility index (Phi) is 6.97. The van der Waals surface area contributed by atoms with Crippen molar-refractivity contribution in [1.29, 1.82) is 0 Å². The summed E-state index contributed by atoms with van der Waals surface area (Å²) < 4.78 is 0. The highest BCUT2D eigenvalue weighted by atomic mass is 35.5. The zero-order valence-electron chi connectivity index (χ0n) is 19.0. The zero-order chi connectivity index (χ0) is 23.5. The lowest BCUT2D eigenvalue weighted by Crippen LogP contribution is -2.42. The van der Waals surface area contributed by atoms with E-state index in [9.17, 15) is 9.59 Å². The predicted molar refractivity (Wildman–Crippen MR) is 137 cm³/mol. The molecule has 3 aromatic rings. The summed E-state index contributed by atoms with van der Waals surface area (Å²) in [6.07, 6.45) is 5.87. The van der Waals surface area contributed by atoms with Gasteiger partial charge in [0.15, 0.2) is 5.13 Å². The molecule has 0 spiro atoms. The summed E-state index contributed by atoms with van der Waals surface area (Å²) in [5.41, 5.74) is 2.77. The van der Waals surface area contributed by atoms with Crippen molar-refractivity contribution in [1.82, 2.24) is 9.88 Å². The van der Waals surface area contributed by atoms with Gasteiger partial charge in [-0.15, -0.1) is 11.3 Å². The van der Waals surface area contributed by atoms with Gasteiger partial charge in [-0.3, -0.25) is 14.9 Å². The third-order valence-electron chi connectivity index (χ3n) is 6.87. The molecule has 1 saturated heterocycles. The lowest BCUT2D eigenvalue weighted by molar-refractivity contribution is -0.134. The van der Waals surface area contributed by atoms with Crippen LogP contribution in [0.3, 0.4) is 0 Å². The second-order valence-electron chi connectivity index (χ2n) is 9.19. The Morgan fingerprint density at radius 3 is 2.50 bits per heavy atom. The van der Waals surface area contributed by atoms with Crippen molar-refractivity contribution in [2.75, 3.05) is 18.4 Å². The first-order valence-corrected chi connectivity index (χ1v) is 13.2. The number of nitrogens with zero attached hydrogens (tertiary/aromatic N) is 2. The van der Waals surface area contributed by atoms with Gasteiger partial charge in [0.05, 0.1) is 11.6 Å². The summed E-state index contributed by atoms with van der Waals surface area (Å²) in [6.45, 7) is 1.62. The van der Waals surface area contributed by atoms with E-state index in [4.69, 9.17) is 16.6 Å². The number of fused-ring (bicyclic) bond motifs is 1. The Balaban J connectivity index is 1.22. The number of benzene rings is 2. The number of likely N-dealkylation sites (tertiary alicyclic amines) is 1. The van der Waals surface area contributed by atoms with Crippen LogP contribution in [0.25, 0.3) is 0 Å². The first kappa shape index (κ1) is 23.1. The molecule has 2 heterocycles. The standard InChI is InChI=1S/C27H28ClN3O2S/c28-21-11-9-20(10-12-21)25(32)30-27-29-24-22(7-4-8-23(24)34-27)26(33)31-15-13-19(14-16-31)17-18-5-2-1-3-6-18/h1-3,5-6,9-12,19,22H,4,7-8,13-17H2,(H,29,30,32). The lowest BCUT2D eigenvalue weighted by atomic mass is 9.87. The number of hydrogen-bond donors (Lipinski definition) is 1. The second-order valence-corrected chi connectivity index (χ2v) is 10.7. The molecule has 2 aliphatic rings. The molecule has 1 aliphatic heterocycles. The first-order chi connectivity index (χ1) is 16.6. The highest BCUT2D eigenvalue weighted by Gasteiger charge is 2.34. The number of carbonyl (C=O) groups excluding carboxylic acids is 2. The third kappa shape index (κ3) is 5.18. The van der Waals surface area contributed by atoms with Gasteiger partial charge in [-0.1, -0.05) is 41.9 Å². The third-order valence-corrected chi connectivity index (χ3v) is 8.17. The summed E-state index contributed by atoms with van der Waals surface area (Å²) in [6, 6.07) is 17.4. The number of carbonyl (C=O) groups is 2. The molecule has 0 radical (unpaired) electrons. The first-order valence-electron chi connectivity index (χ1n) is 12.0. The van der Waals surface area contributed by atoms with Gasteiger partial charge in [-0.25, -0.2) is 4.98 Å². The summed E-state index contributed by atoms with van der Waals surface area (Å²) >= 11 is 7.41. The van der Waals surface area contributed by atoms with Gasteiger partial charge in [0.25, 0.3) is 5.91 Å². The van der Waals surface area contributed by atoms with E-state index in [0.717, 1.165) is 62.2 Å². The Morgan fingerprint density at radius 1 is 1.03 bits per heavy atom. The van der Waals surface area contributed by atoms with E-state index >= 15 is 0 Å². The van der Waals surface area contributed by atoms with Gasteiger partial charge in [0, 0.05) is 28.6 Å². The van der Waals surface area contributed by atoms with Gasteiger partial charge < -0.3 is 4.90 Å². The zero-order valence-corrected chi connectivity index (χ0v) is 20.6. The van der Waals surface area contributed by atoms with Gasteiger partial charge in [-0.2, -0.15) is 0 Å². The number of piperidine rings is 1. The fourth-order valence-corrected chi connectivity index (χ4v) is 6.19. The monoisotopic (exact) mass is 493 g/mol. The van der Waals surface area contributed by atoms with E-state index < -0.39 is 0 Å². The van der Waals surface area contributed by atoms with Crippen LogP contribution < -0.4 is 5.32 Å². The predicted octanol–water partition coefficient (Wildman–Crippen LogP) is 5.95. The Hall–Kier alpha value is -2.70. The fraction of sp³-hybridized carbons (Fsp3) is 0.370. The molecule has 1 fully saturated rings. The topological polar surface area (TPSA) is 62.3 Å². The maximum atomic E-state index is 13.5. The molecule has 2 aromatic carbocycles. The number of amides is 2. The van der Waals surface area contributed by atoms with Crippen LogP contribution in [0.4, 0.5) is 5.13 Å². The lowest BCUT2D eigenvalue weighted by Gasteiger charge is -2.35. The highest BCUT2D eigenvalue weighted by molar-refractivity contribution is 7.16. The van der Waals surface area contributed by atoms with E-state index in [0.29, 0.717) is 21.6 Å². The van der Waals surface area contributed by atoms with E-state index in [1.54, 1.807) is 24.3 Å². The Bertz CT molecular complexity index is 1150. The van der Waals surface area contributed by atoms with Crippen LogP contribution >= 0.6 is 22.9 Å². The molecular weight excluding hydrogens is 466 g/mol. The van der Waals surface area contributed by atoms with Crippen molar-refractivity contribution < 1.29 is 9.59 Å². The molecule has 1 atom stereocenters. The molecule has 5 rings (SSSR count). The summed E-state index contributed by atoms with van der Waals surface area (Å²) in [5, 5.41) is 4.05. The van der Waals surface area contributed by atoms with Gasteiger partial charge in [0.1, 0.15) is 0 Å². The van der Waals surface area contributed by atoms with Gasteiger partial charge in [-0.05, 0) is 74.3 Å². The molecule has 1 aromatic heterocycles. The van der Waals surface area contributed by atoms with Crippen molar-refractivity contribution in [2.45, 2.75) is 44.4 Å². The number of aromatic nitrogens is 1. The van der Waals surface area contributed by atoms with Crippen molar-refractivity contribution in [2.24, 2.45) is 5.92 Å². The molecule has 5 nitrogen and oxygen atoms in total. The summed E-state index contributed by atoms with van der Waals surface area (Å²) in [5.74, 6) is 0.403. The molecule has 0 saturated carbocycles. The minimum atomic E-state index is -0.217. The molecule has 34 heavy (non-hydrogen) atoms. The smallest absolute Gasteiger partial charge is 0.257 e. The number of nitrogens with one attached hydrogen (secondary N) is 1. The van der Waals surface area contributed by atoms with Crippen LogP contribution in [0.5, 0.6) is 0 Å². The molecule has 7 heteroatoms. The van der Waals surface area contributed by atoms with Crippen LogP contribution in [0, 0.1) is 5.92 Å². The Labute approximate surface area is 209 Å². The molecular formula is C27H28ClN3O2S. The number of halogens is 1. The van der Waals surface area contributed by atoms with Crippen molar-refractivity contribution in [3.8, 4) is 0 Å². The summed E-state index contributed by atoms with van der Waals surface area (Å²) in [7, 11) is 0. The number of anilines is 1. The number of aryl methyl sites for hydroxylation is 1. The minimum Gasteiger partial charge on any atom is -0.342 e. The van der Waals surface area contributed by atoms with Crippen LogP contribution in [-0.2, 0) is 17.6 Å². The van der Waals surface area contributed by atoms with Gasteiger partial charge in [0.2, 0.25) is 5.91 Å². The van der Waals surface area contributed by atoms with E-state index in [2.05, 4.69) is 35.6 Å². The fourth-order valence-electron chi connectivity index (χ4n) is 5.01. The largest absolute Gasteiger partial charge is 0.342 e. The molecule has 0 bridgehead atoms. The van der Waals surface area contributed by atoms with E-state index in [1.165, 1.54) is 16.9 Å². The normalized spacial score (nSPS) is 18.4. The average Bonchev–Trinajstić information content (AvgIpc) is 3.27. The summed E-state index contributed by atoms with van der Waals surface area (Å²) in [4.78, 5) is 33.9. The quantitative estimate of drug-likeness (QED) is 0.477. The maximum absolute atomic E-state index is 13.5. The molecule has 1 unspecified atom stereocenters. The minimum absolute atomic E-state index is 0.194. The van der Waals surface area contributed by atoms with Gasteiger partial charge >= 0.3 is 0 Å². The number of thiazole rings is 1. The van der Waals surface area contributed by atoms with E-state index in [-0.39, 0.29) is 17.7 Å². The molecule has 2 amide bonds. The second kappa shape index (κ2) is 10.3. The molecule has 176 valence electrons. The van der Waals surface area contributed by atoms with Crippen LogP contribution in [0.2, 0.25) is 5.02 Å². The van der Waals surface area contributed by atoms with Crippen molar-refractivity contribution in [3.63, 3.8) is 0 Å².